The first-order valence-corrected chi connectivity index (χ1v) is 7.67. The minimum Gasteiger partial charge on any atom is -0.356 e. The van der Waals surface area contributed by atoms with Crippen molar-refractivity contribution in [2.24, 2.45) is 5.73 Å². The lowest BCUT2D eigenvalue weighted by molar-refractivity contribution is -0.122. The van der Waals surface area contributed by atoms with Gasteiger partial charge in [0.1, 0.15) is 0 Å². The fourth-order valence-electron chi connectivity index (χ4n) is 1.78. The first-order chi connectivity index (χ1) is 9.06. The van der Waals surface area contributed by atoms with Crippen LogP contribution in [0, 0.1) is 0 Å². The molecule has 0 saturated heterocycles. The number of hydrogen-bond donors (Lipinski definition) is 2. The molecular formula is C13H22ClN3OS. The van der Waals surface area contributed by atoms with E-state index in [1.807, 2.05) is 26.1 Å². The van der Waals surface area contributed by atoms with Crippen LogP contribution in [0.2, 0.25) is 4.34 Å². The van der Waals surface area contributed by atoms with E-state index in [9.17, 15) is 4.79 Å². The van der Waals surface area contributed by atoms with Crippen LogP contribution < -0.4 is 11.1 Å². The van der Waals surface area contributed by atoms with E-state index in [4.69, 9.17) is 17.3 Å². The van der Waals surface area contributed by atoms with Gasteiger partial charge in [0, 0.05) is 37.0 Å². The zero-order valence-corrected chi connectivity index (χ0v) is 13.1. The van der Waals surface area contributed by atoms with E-state index >= 15 is 0 Å². The summed E-state index contributed by atoms with van der Waals surface area (Å²) in [6, 6.07) is 3.95. The third-order valence-corrected chi connectivity index (χ3v) is 4.14. The molecule has 0 aliphatic heterocycles. The number of carbonyl (C=O) groups is 1. The lowest BCUT2D eigenvalue weighted by Crippen LogP contribution is -2.41. The van der Waals surface area contributed by atoms with Crippen molar-refractivity contribution < 1.29 is 4.79 Å². The molecule has 1 atom stereocenters. The van der Waals surface area contributed by atoms with Gasteiger partial charge in [-0.1, -0.05) is 18.5 Å². The Hall–Kier alpha value is -0.620. The third kappa shape index (κ3) is 5.91. The molecule has 1 unspecified atom stereocenters. The molecule has 19 heavy (non-hydrogen) atoms. The maximum atomic E-state index is 11.7. The molecule has 0 fully saturated rings. The van der Waals surface area contributed by atoms with Crippen molar-refractivity contribution in [2.45, 2.75) is 32.4 Å². The van der Waals surface area contributed by atoms with Crippen molar-refractivity contribution in [1.82, 2.24) is 10.2 Å². The van der Waals surface area contributed by atoms with Crippen LogP contribution in [0.15, 0.2) is 12.1 Å². The largest absolute Gasteiger partial charge is 0.356 e. The van der Waals surface area contributed by atoms with E-state index in [1.165, 1.54) is 4.88 Å². The van der Waals surface area contributed by atoms with E-state index in [1.54, 1.807) is 11.3 Å². The molecule has 0 aromatic carbocycles. The molecule has 1 heterocycles. The summed E-state index contributed by atoms with van der Waals surface area (Å²) in [6.45, 7) is 3.99. The number of nitrogens with two attached hydrogens (primary N) is 1. The van der Waals surface area contributed by atoms with Crippen molar-refractivity contribution >= 4 is 28.8 Å². The molecule has 1 amide bonds. The topological polar surface area (TPSA) is 58.4 Å². The first kappa shape index (κ1) is 16.4. The predicted molar refractivity (Wildman–Crippen MR) is 81.6 cm³/mol. The van der Waals surface area contributed by atoms with Crippen LogP contribution in [0.3, 0.4) is 0 Å². The van der Waals surface area contributed by atoms with Crippen molar-refractivity contribution in [1.29, 1.82) is 0 Å². The second kappa shape index (κ2) is 8.53. The monoisotopic (exact) mass is 303 g/mol. The van der Waals surface area contributed by atoms with Gasteiger partial charge in [0.2, 0.25) is 5.91 Å². The normalized spacial score (nSPS) is 12.7. The zero-order valence-electron chi connectivity index (χ0n) is 11.5. The predicted octanol–water partition coefficient (Wildman–Crippen LogP) is 2.08. The number of hydrogen-bond acceptors (Lipinski definition) is 4. The Bertz CT molecular complexity index is 397. The maximum Gasteiger partial charge on any atom is 0.221 e. The fraction of sp³-hybridized carbons (Fsp3) is 0.615. The summed E-state index contributed by atoms with van der Waals surface area (Å²) in [5.74, 6) is 0.0633. The summed E-state index contributed by atoms with van der Waals surface area (Å²) in [5.41, 5.74) is 5.77. The molecule has 0 aliphatic carbocycles. The lowest BCUT2D eigenvalue weighted by Gasteiger charge is -2.26. The number of carbonyl (C=O) groups excluding carboxylic acids is 1. The van der Waals surface area contributed by atoms with E-state index < -0.39 is 0 Å². The Kier molecular flexibility index (Phi) is 7.38. The molecule has 3 N–H and O–H groups in total. The highest BCUT2D eigenvalue weighted by Crippen LogP contribution is 2.23. The summed E-state index contributed by atoms with van der Waals surface area (Å²) < 4.78 is 0.786. The highest BCUT2D eigenvalue weighted by molar-refractivity contribution is 7.16. The standard InChI is InChI=1S/C13H22ClN3OS/c1-3-6-16-13(18)7-10(8-15)17(2)9-11-4-5-12(14)19-11/h4-5,10H,3,6-9,15H2,1-2H3,(H,16,18). The second-order valence-electron chi connectivity index (χ2n) is 4.56. The summed E-state index contributed by atoms with van der Waals surface area (Å²) >= 11 is 7.47. The van der Waals surface area contributed by atoms with Crippen LogP contribution >= 0.6 is 22.9 Å². The summed E-state index contributed by atoms with van der Waals surface area (Å²) in [7, 11) is 1.98. The molecule has 108 valence electrons. The average molecular weight is 304 g/mol. The number of nitrogens with one attached hydrogen (secondary N) is 1. The molecule has 0 spiro atoms. The van der Waals surface area contributed by atoms with E-state index in [0.29, 0.717) is 13.0 Å². The zero-order chi connectivity index (χ0) is 14.3. The minimum absolute atomic E-state index is 0.0535. The molecule has 6 heteroatoms. The average Bonchev–Trinajstić information content (AvgIpc) is 2.78. The van der Waals surface area contributed by atoms with Crippen LogP contribution in [0.1, 0.15) is 24.6 Å². The van der Waals surface area contributed by atoms with Gasteiger partial charge in [-0.2, -0.15) is 0 Å². The smallest absolute Gasteiger partial charge is 0.221 e. The van der Waals surface area contributed by atoms with Crippen LogP contribution in [-0.2, 0) is 11.3 Å². The Morgan fingerprint density at radius 2 is 2.32 bits per heavy atom. The fourth-order valence-corrected chi connectivity index (χ4v) is 2.93. The Labute approximate surface area is 123 Å². The Morgan fingerprint density at radius 1 is 1.58 bits per heavy atom. The number of halogens is 1. The van der Waals surface area contributed by atoms with Crippen LogP contribution in [-0.4, -0.2) is 37.0 Å². The second-order valence-corrected chi connectivity index (χ2v) is 6.36. The number of thiophene rings is 1. The number of amides is 1. The molecular weight excluding hydrogens is 282 g/mol. The highest BCUT2D eigenvalue weighted by Gasteiger charge is 2.17. The number of likely N-dealkylation sites (N-methyl/N-ethyl adjacent to an activating group) is 1. The third-order valence-electron chi connectivity index (χ3n) is 2.92. The van der Waals surface area contributed by atoms with E-state index in [-0.39, 0.29) is 11.9 Å². The quantitative estimate of drug-likeness (QED) is 0.773. The van der Waals surface area contributed by atoms with E-state index in [0.717, 1.165) is 23.8 Å². The maximum absolute atomic E-state index is 11.7. The van der Waals surface area contributed by atoms with Gasteiger partial charge in [0.15, 0.2) is 0 Å². The van der Waals surface area contributed by atoms with Gasteiger partial charge in [0.05, 0.1) is 4.34 Å². The Morgan fingerprint density at radius 3 is 2.84 bits per heavy atom. The van der Waals surface area contributed by atoms with Crippen LogP contribution in [0.5, 0.6) is 0 Å². The van der Waals surface area contributed by atoms with Gasteiger partial charge in [-0.15, -0.1) is 11.3 Å². The van der Waals surface area contributed by atoms with Gasteiger partial charge in [-0.3, -0.25) is 9.69 Å². The van der Waals surface area contributed by atoms with E-state index in [2.05, 4.69) is 10.2 Å². The van der Waals surface area contributed by atoms with Crippen LogP contribution in [0.4, 0.5) is 0 Å². The number of rotatable bonds is 8. The van der Waals surface area contributed by atoms with Crippen molar-refractivity contribution in [3.8, 4) is 0 Å². The van der Waals surface area contributed by atoms with Gasteiger partial charge >= 0.3 is 0 Å². The van der Waals surface area contributed by atoms with Crippen molar-refractivity contribution in [3.05, 3.63) is 21.3 Å². The SMILES string of the molecule is CCCNC(=O)CC(CN)N(C)Cc1ccc(Cl)s1. The highest BCUT2D eigenvalue weighted by atomic mass is 35.5. The molecule has 1 rings (SSSR count). The minimum atomic E-state index is 0.0535. The molecule has 0 aliphatic rings. The summed E-state index contributed by atoms with van der Waals surface area (Å²) in [6.07, 6.45) is 1.38. The molecule has 0 saturated carbocycles. The molecule has 0 radical (unpaired) electrons. The van der Waals surface area contributed by atoms with Crippen molar-refractivity contribution in [3.63, 3.8) is 0 Å². The van der Waals surface area contributed by atoms with Gasteiger partial charge in [-0.25, -0.2) is 0 Å². The van der Waals surface area contributed by atoms with Gasteiger partial charge in [0.25, 0.3) is 0 Å². The molecule has 0 bridgehead atoms. The lowest BCUT2D eigenvalue weighted by atomic mass is 10.1. The van der Waals surface area contributed by atoms with Crippen molar-refractivity contribution in [2.75, 3.05) is 20.1 Å². The Balaban J connectivity index is 2.46. The summed E-state index contributed by atoms with van der Waals surface area (Å²) in [5, 5.41) is 2.88. The molecule has 4 nitrogen and oxygen atoms in total. The summed E-state index contributed by atoms with van der Waals surface area (Å²) in [4.78, 5) is 15.0. The first-order valence-electron chi connectivity index (χ1n) is 6.48. The van der Waals surface area contributed by atoms with Gasteiger partial charge in [-0.05, 0) is 25.6 Å². The molecule has 1 aromatic heterocycles. The van der Waals surface area contributed by atoms with Crippen LogP contribution in [0.25, 0.3) is 0 Å². The molecule has 1 aromatic rings. The number of nitrogens with zero attached hydrogens (tertiary/aromatic N) is 1. The van der Waals surface area contributed by atoms with Gasteiger partial charge < -0.3 is 11.1 Å².